The Morgan fingerprint density at radius 2 is 1.58 bits per heavy atom. The summed E-state index contributed by atoms with van der Waals surface area (Å²) in [6.07, 6.45) is -0.339. The second kappa shape index (κ2) is 6.24. The molecule has 1 N–H and O–H groups in total. The van der Waals surface area contributed by atoms with Crippen molar-refractivity contribution in [2.45, 2.75) is 6.17 Å². The maximum atomic E-state index is 6.25. The van der Waals surface area contributed by atoms with E-state index in [-0.39, 0.29) is 6.17 Å². The van der Waals surface area contributed by atoms with Crippen LogP contribution in [-0.4, -0.2) is 11.1 Å². The summed E-state index contributed by atoms with van der Waals surface area (Å²) in [6.45, 7) is 0. The number of aliphatic imine (C=N–C) groups is 2. The number of hydrogen-bond acceptors (Lipinski definition) is 4. The van der Waals surface area contributed by atoms with E-state index in [0.717, 1.165) is 17.0 Å². The zero-order valence-corrected chi connectivity index (χ0v) is 15.3. The number of halogens is 1. The van der Waals surface area contributed by atoms with Crippen molar-refractivity contribution in [1.82, 2.24) is 5.32 Å². The Kier molecular flexibility index (Phi) is 3.73. The van der Waals surface area contributed by atoms with E-state index in [1.165, 1.54) is 20.2 Å². The summed E-state index contributed by atoms with van der Waals surface area (Å²) < 4.78 is 2.53. The number of thiophene rings is 1. The Morgan fingerprint density at radius 3 is 2.46 bits per heavy atom. The van der Waals surface area contributed by atoms with Gasteiger partial charge >= 0.3 is 0 Å². The quantitative estimate of drug-likeness (QED) is 0.448. The van der Waals surface area contributed by atoms with E-state index < -0.39 is 0 Å². The Morgan fingerprint density at radius 1 is 0.808 bits per heavy atom. The highest BCUT2D eigenvalue weighted by molar-refractivity contribution is 7.25. The minimum absolute atomic E-state index is 0.339. The highest BCUT2D eigenvalue weighted by atomic mass is 35.5. The van der Waals surface area contributed by atoms with Crippen LogP contribution >= 0.6 is 22.9 Å². The van der Waals surface area contributed by atoms with Crippen molar-refractivity contribution < 1.29 is 0 Å². The smallest absolute Gasteiger partial charge is 0.199 e. The van der Waals surface area contributed by atoms with Gasteiger partial charge in [-0.2, -0.15) is 0 Å². The zero-order valence-electron chi connectivity index (χ0n) is 13.7. The average molecular weight is 376 g/mol. The van der Waals surface area contributed by atoms with Crippen LogP contribution in [0.1, 0.15) is 17.3 Å². The number of hydrogen-bond donors (Lipinski definition) is 1. The normalized spacial score (nSPS) is 17.0. The van der Waals surface area contributed by atoms with Crippen LogP contribution in [0.2, 0.25) is 0 Å². The molecule has 0 saturated heterocycles. The summed E-state index contributed by atoms with van der Waals surface area (Å²) in [5.41, 5.74) is 2.03. The van der Waals surface area contributed by atoms with Crippen molar-refractivity contribution in [2.75, 3.05) is 0 Å². The molecule has 5 heteroatoms. The predicted octanol–water partition coefficient (Wildman–Crippen LogP) is 5.70. The highest BCUT2D eigenvalue weighted by Gasteiger charge is 2.19. The minimum Gasteiger partial charge on any atom is -0.315 e. The van der Waals surface area contributed by atoms with Gasteiger partial charge in [0.25, 0.3) is 0 Å². The molecular weight excluding hydrogens is 362 g/mol. The maximum Gasteiger partial charge on any atom is 0.199 e. The maximum absolute atomic E-state index is 6.25. The summed E-state index contributed by atoms with van der Waals surface area (Å²) in [4.78, 5) is 9.25. The summed E-state index contributed by atoms with van der Waals surface area (Å²) in [6, 6.07) is 24.9. The minimum atomic E-state index is -0.339. The highest BCUT2D eigenvalue weighted by Crippen LogP contribution is 2.36. The van der Waals surface area contributed by atoms with E-state index in [2.05, 4.69) is 52.8 Å². The third kappa shape index (κ3) is 2.68. The molecule has 3 aromatic carbocycles. The lowest BCUT2D eigenvalue weighted by molar-refractivity contribution is 0.761. The van der Waals surface area contributed by atoms with Gasteiger partial charge in [0.15, 0.2) is 11.5 Å². The van der Waals surface area contributed by atoms with Crippen molar-refractivity contribution in [3.63, 3.8) is 0 Å². The van der Waals surface area contributed by atoms with Crippen LogP contribution in [0, 0.1) is 0 Å². The van der Waals surface area contributed by atoms with Gasteiger partial charge in [0.05, 0.1) is 0 Å². The summed E-state index contributed by atoms with van der Waals surface area (Å²) >= 11 is 8.04. The van der Waals surface area contributed by atoms with E-state index in [9.17, 15) is 0 Å². The van der Waals surface area contributed by atoms with Crippen molar-refractivity contribution in [3.8, 4) is 0 Å². The lowest BCUT2D eigenvalue weighted by Gasteiger charge is -2.19. The van der Waals surface area contributed by atoms with Crippen LogP contribution < -0.4 is 5.32 Å². The molecule has 5 rings (SSSR count). The van der Waals surface area contributed by atoms with Crippen LogP contribution in [-0.2, 0) is 0 Å². The molecule has 0 radical (unpaired) electrons. The Hall–Kier alpha value is -2.69. The summed E-state index contributed by atoms with van der Waals surface area (Å²) in [5.74, 6) is 0.743. The number of benzene rings is 3. The number of amidine groups is 2. The van der Waals surface area contributed by atoms with Crippen molar-refractivity contribution in [3.05, 3.63) is 83.9 Å². The third-order valence-corrected chi connectivity index (χ3v) is 5.78. The molecule has 1 unspecified atom stereocenters. The van der Waals surface area contributed by atoms with Gasteiger partial charge in [-0.05, 0) is 29.3 Å². The fraction of sp³-hybridized carbons (Fsp3) is 0.0476. The summed E-state index contributed by atoms with van der Waals surface area (Å²) in [7, 11) is 0. The molecule has 2 heterocycles. The van der Waals surface area contributed by atoms with Crippen molar-refractivity contribution in [1.29, 1.82) is 0 Å². The van der Waals surface area contributed by atoms with Gasteiger partial charge in [-0.3, -0.25) is 0 Å². The number of nitrogens with zero attached hydrogens (tertiary/aromatic N) is 2. The molecule has 126 valence electrons. The van der Waals surface area contributed by atoms with E-state index in [0.29, 0.717) is 5.29 Å². The Balaban J connectivity index is 1.60. The number of fused-ring (bicyclic) bond motifs is 3. The molecule has 0 saturated carbocycles. The molecule has 1 aliphatic heterocycles. The number of rotatable bonds is 2. The average Bonchev–Trinajstić information content (AvgIpc) is 3.06. The van der Waals surface area contributed by atoms with Crippen LogP contribution in [0.5, 0.6) is 0 Å². The Labute approximate surface area is 159 Å². The molecule has 0 bridgehead atoms. The van der Waals surface area contributed by atoms with Gasteiger partial charge in [-0.25, -0.2) is 9.98 Å². The molecule has 1 aromatic heterocycles. The number of nitrogens with one attached hydrogen (secondary N) is 1. The fourth-order valence-electron chi connectivity index (χ4n) is 3.22. The van der Waals surface area contributed by atoms with Gasteiger partial charge in [-0.1, -0.05) is 60.7 Å². The van der Waals surface area contributed by atoms with E-state index >= 15 is 0 Å². The van der Waals surface area contributed by atoms with Gasteiger partial charge < -0.3 is 5.32 Å². The van der Waals surface area contributed by atoms with Crippen LogP contribution in [0.15, 0.2) is 82.8 Å². The monoisotopic (exact) mass is 375 g/mol. The van der Waals surface area contributed by atoms with Gasteiger partial charge in [0.1, 0.15) is 5.84 Å². The standard InChI is InChI=1S/C21H14ClN3S/c22-21-24-19(13-6-2-1-3-7-13)23-20(25-21)14-10-11-16-15-8-4-5-9-17(15)26-18(16)12-14/h1-12,20H,(H,23,24,25). The molecule has 0 fully saturated rings. The van der Waals surface area contributed by atoms with E-state index in [1.807, 2.05) is 30.3 Å². The third-order valence-electron chi connectivity index (χ3n) is 4.46. The molecule has 0 spiro atoms. The molecular formula is C21H14ClN3S. The molecule has 26 heavy (non-hydrogen) atoms. The predicted molar refractivity (Wildman–Crippen MR) is 111 cm³/mol. The van der Waals surface area contributed by atoms with Crippen molar-refractivity contribution in [2.24, 2.45) is 9.98 Å². The lowest BCUT2D eigenvalue weighted by Crippen LogP contribution is -2.32. The van der Waals surface area contributed by atoms with Crippen LogP contribution in [0.3, 0.4) is 0 Å². The summed E-state index contributed by atoms with van der Waals surface area (Å²) in [5, 5.41) is 5.98. The first-order valence-corrected chi connectivity index (χ1v) is 9.52. The van der Waals surface area contributed by atoms with Crippen LogP contribution in [0.4, 0.5) is 0 Å². The van der Waals surface area contributed by atoms with Gasteiger partial charge in [0, 0.05) is 25.7 Å². The van der Waals surface area contributed by atoms with Crippen LogP contribution in [0.25, 0.3) is 20.2 Å². The van der Waals surface area contributed by atoms with Crippen molar-refractivity contribution >= 4 is 54.2 Å². The lowest BCUT2D eigenvalue weighted by atomic mass is 10.1. The molecule has 1 aliphatic rings. The first-order valence-electron chi connectivity index (χ1n) is 8.33. The second-order valence-corrected chi connectivity index (χ2v) is 7.56. The van der Waals surface area contributed by atoms with Gasteiger partial charge in [-0.15, -0.1) is 11.3 Å². The zero-order chi connectivity index (χ0) is 17.5. The first-order chi connectivity index (χ1) is 12.8. The molecule has 4 aromatic rings. The SMILES string of the molecule is ClC1=NC(c2ccc3c(c2)sc2ccccc23)N=C(c2ccccc2)N1. The second-order valence-electron chi connectivity index (χ2n) is 6.12. The van der Waals surface area contributed by atoms with E-state index in [4.69, 9.17) is 16.6 Å². The van der Waals surface area contributed by atoms with Gasteiger partial charge in [0.2, 0.25) is 0 Å². The molecule has 1 atom stereocenters. The molecule has 0 amide bonds. The largest absolute Gasteiger partial charge is 0.315 e. The molecule has 0 aliphatic carbocycles. The molecule has 3 nitrogen and oxygen atoms in total. The topological polar surface area (TPSA) is 36.8 Å². The fourth-order valence-corrected chi connectivity index (χ4v) is 4.55. The Bertz CT molecular complexity index is 1180. The van der Waals surface area contributed by atoms with E-state index in [1.54, 1.807) is 11.3 Å². The first kappa shape index (κ1) is 15.6.